The van der Waals surface area contributed by atoms with E-state index in [1.165, 1.54) is 12.1 Å². The number of hydrogen-bond acceptors (Lipinski definition) is 5. The summed E-state index contributed by atoms with van der Waals surface area (Å²) in [4.78, 5) is 16.8. The Hall–Kier alpha value is -3.19. The Kier molecular flexibility index (Phi) is 4.73. The van der Waals surface area contributed by atoms with Crippen molar-refractivity contribution in [1.82, 2.24) is 4.98 Å². The van der Waals surface area contributed by atoms with Gasteiger partial charge >= 0.3 is 0 Å². The SMILES string of the molecule is CS(=O)(=O)c1ccc(-c2cnc(N)c(C(=O)Nc3ccccc3)c2)cc1. The van der Waals surface area contributed by atoms with Crippen molar-refractivity contribution < 1.29 is 13.2 Å². The molecule has 3 rings (SSSR count). The lowest BCUT2D eigenvalue weighted by molar-refractivity contribution is 0.102. The van der Waals surface area contributed by atoms with Crippen molar-refractivity contribution in [2.75, 3.05) is 17.3 Å². The molecule has 0 radical (unpaired) electrons. The number of hydrogen-bond donors (Lipinski definition) is 2. The Morgan fingerprint density at radius 1 is 1.00 bits per heavy atom. The van der Waals surface area contributed by atoms with E-state index in [4.69, 9.17) is 5.73 Å². The van der Waals surface area contributed by atoms with Gasteiger partial charge < -0.3 is 11.1 Å². The van der Waals surface area contributed by atoms with Crippen LogP contribution in [0.25, 0.3) is 11.1 Å². The van der Waals surface area contributed by atoms with Crippen LogP contribution in [0, 0.1) is 0 Å². The highest BCUT2D eigenvalue weighted by atomic mass is 32.2. The molecule has 1 amide bonds. The van der Waals surface area contributed by atoms with Crippen molar-refractivity contribution in [3.8, 4) is 11.1 Å². The van der Waals surface area contributed by atoms with Crippen LogP contribution in [0.3, 0.4) is 0 Å². The number of amides is 1. The van der Waals surface area contributed by atoms with Gasteiger partial charge in [0, 0.05) is 23.7 Å². The molecule has 3 aromatic rings. The standard InChI is InChI=1S/C19H17N3O3S/c1-26(24,25)16-9-7-13(8-10-16)14-11-17(18(20)21-12-14)19(23)22-15-5-3-2-4-6-15/h2-12H,1H3,(H2,20,21)(H,22,23). The van der Waals surface area contributed by atoms with Crippen LogP contribution in [-0.4, -0.2) is 25.6 Å². The van der Waals surface area contributed by atoms with E-state index in [1.54, 1.807) is 36.5 Å². The molecule has 3 N–H and O–H groups in total. The molecule has 0 unspecified atom stereocenters. The molecule has 1 heterocycles. The number of aromatic nitrogens is 1. The summed E-state index contributed by atoms with van der Waals surface area (Å²) in [6.07, 6.45) is 2.70. The topological polar surface area (TPSA) is 102 Å². The van der Waals surface area contributed by atoms with E-state index in [9.17, 15) is 13.2 Å². The summed E-state index contributed by atoms with van der Waals surface area (Å²) in [6, 6.07) is 17.0. The lowest BCUT2D eigenvalue weighted by Crippen LogP contribution is -2.15. The van der Waals surface area contributed by atoms with Gasteiger partial charge in [0.2, 0.25) is 0 Å². The van der Waals surface area contributed by atoms with Crippen LogP contribution in [0.15, 0.2) is 71.8 Å². The minimum absolute atomic E-state index is 0.120. The summed E-state index contributed by atoms with van der Waals surface area (Å²) in [5.74, 6) is -0.245. The number of anilines is 2. The number of benzene rings is 2. The monoisotopic (exact) mass is 367 g/mol. The van der Waals surface area contributed by atoms with Crippen molar-refractivity contribution >= 4 is 27.2 Å². The summed E-state index contributed by atoms with van der Waals surface area (Å²) in [5, 5.41) is 2.77. The van der Waals surface area contributed by atoms with E-state index in [0.29, 0.717) is 11.3 Å². The zero-order chi connectivity index (χ0) is 18.7. The highest BCUT2D eigenvalue weighted by Crippen LogP contribution is 2.24. The maximum absolute atomic E-state index is 12.5. The number of carbonyl (C=O) groups excluding carboxylic acids is 1. The zero-order valence-corrected chi connectivity index (χ0v) is 14.8. The summed E-state index contributed by atoms with van der Waals surface area (Å²) < 4.78 is 23.1. The number of nitrogen functional groups attached to an aromatic ring is 1. The molecule has 0 saturated heterocycles. The third-order valence-electron chi connectivity index (χ3n) is 3.81. The number of para-hydroxylation sites is 1. The number of sulfone groups is 1. The first-order chi connectivity index (χ1) is 12.3. The largest absolute Gasteiger partial charge is 0.383 e. The molecule has 0 fully saturated rings. The minimum Gasteiger partial charge on any atom is -0.383 e. The highest BCUT2D eigenvalue weighted by Gasteiger charge is 2.14. The summed E-state index contributed by atoms with van der Waals surface area (Å²) in [6.45, 7) is 0. The van der Waals surface area contributed by atoms with E-state index in [-0.39, 0.29) is 22.2 Å². The molecule has 132 valence electrons. The maximum atomic E-state index is 12.5. The average molecular weight is 367 g/mol. The summed E-state index contributed by atoms with van der Waals surface area (Å²) in [5.41, 5.74) is 8.15. The lowest BCUT2D eigenvalue weighted by Gasteiger charge is -2.09. The number of rotatable bonds is 4. The van der Waals surface area contributed by atoms with Crippen molar-refractivity contribution in [3.05, 3.63) is 72.4 Å². The van der Waals surface area contributed by atoms with Gasteiger partial charge in [-0.2, -0.15) is 0 Å². The number of pyridine rings is 1. The van der Waals surface area contributed by atoms with Gasteiger partial charge in [0.05, 0.1) is 10.5 Å². The van der Waals surface area contributed by atoms with E-state index in [2.05, 4.69) is 10.3 Å². The molecular formula is C19H17N3O3S. The molecule has 0 saturated carbocycles. The Bertz CT molecular complexity index is 1050. The van der Waals surface area contributed by atoms with E-state index >= 15 is 0 Å². The van der Waals surface area contributed by atoms with Gasteiger partial charge in [-0.1, -0.05) is 30.3 Å². The van der Waals surface area contributed by atoms with E-state index < -0.39 is 9.84 Å². The van der Waals surface area contributed by atoms with Gasteiger partial charge in [0.1, 0.15) is 5.82 Å². The number of nitrogens with one attached hydrogen (secondary N) is 1. The molecule has 0 aliphatic heterocycles. The van der Waals surface area contributed by atoms with Crippen LogP contribution in [-0.2, 0) is 9.84 Å². The van der Waals surface area contributed by atoms with E-state index in [0.717, 1.165) is 11.8 Å². The van der Waals surface area contributed by atoms with Gasteiger partial charge in [-0.15, -0.1) is 0 Å². The second-order valence-corrected chi connectivity index (χ2v) is 7.79. The Balaban J connectivity index is 1.91. The fraction of sp³-hybridized carbons (Fsp3) is 0.0526. The van der Waals surface area contributed by atoms with Crippen LogP contribution >= 0.6 is 0 Å². The molecule has 2 aromatic carbocycles. The predicted molar refractivity (Wildman–Crippen MR) is 102 cm³/mol. The molecule has 1 aromatic heterocycles. The first kappa shape index (κ1) is 17.6. The van der Waals surface area contributed by atoms with Gasteiger partial charge in [0.25, 0.3) is 5.91 Å². The molecule has 7 heteroatoms. The Labute approximate surface area is 151 Å². The number of nitrogens with zero attached hydrogens (tertiary/aromatic N) is 1. The smallest absolute Gasteiger partial charge is 0.259 e. The molecule has 0 spiro atoms. The lowest BCUT2D eigenvalue weighted by atomic mass is 10.1. The predicted octanol–water partition coefficient (Wildman–Crippen LogP) is 2.99. The molecular weight excluding hydrogens is 350 g/mol. The van der Waals surface area contributed by atoms with Crippen LogP contribution in [0.4, 0.5) is 11.5 Å². The van der Waals surface area contributed by atoms with Crippen molar-refractivity contribution in [3.63, 3.8) is 0 Å². The number of carbonyl (C=O) groups is 1. The normalized spacial score (nSPS) is 11.1. The van der Waals surface area contributed by atoms with Gasteiger partial charge in [0.15, 0.2) is 9.84 Å². The number of nitrogens with two attached hydrogens (primary N) is 1. The molecule has 26 heavy (non-hydrogen) atoms. The second kappa shape index (κ2) is 6.97. The molecule has 0 aliphatic rings. The van der Waals surface area contributed by atoms with Gasteiger partial charge in [-0.3, -0.25) is 4.79 Å². The minimum atomic E-state index is -3.26. The second-order valence-electron chi connectivity index (χ2n) is 5.77. The maximum Gasteiger partial charge on any atom is 0.259 e. The highest BCUT2D eigenvalue weighted by molar-refractivity contribution is 7.90. The van der Waals surface area contributed by atoms with E-state index in [1.807, 2.05) is 18.2 Å². The van der Waals surface area contributed by atoms with Crippen LogP contribution in [0.1, 0.15) is 10.4 Å². The quantitative estimate of drug-likeness (QED) is 0.738. The van der Waals surface area contributed by atoms with Crippen molar-refractivity contribution in [2.24, 2.45) is 0 Å². The molecule has 0 atom stereocenters. The van der Waals surface area contributed by atoms with Crippen LogP contribution in [0.5, 0.6) is 0 Å². The molecule has 0 aliphatic carbocycles. The Morgan fingerprint density at radius 3 is 2.27 bits per heavy atom. The molecule has 0 bridgehead atoms. The summed E-state index contributed by atoms with van der Waals surface area (Å²) in [7, 11) is -3.26. The van der Waals surface area contributed by atoms with Crippen molar-refractivity contribution in [2.45, 2.75) is 4.90 Å². The zero-order valence-electron chi connectivity index (χ0n) is 14.0. The fourth-order valence-electron chi connectivity index (χ4n) is 2.43. The molecule has 6 nitrogen and oxygen atoms in total. The first-order valence-electron chi connectivity index (χ1n) is 7.77. The third kappa shape index (κ3) is 3.89. The van der Waals surface area contributed by atoms with Gasteiger partial charge in [-0.05, 0) is 35.9 Å². The van der Waals surface area contributed by atoms with Crippen LogP contribution < -0.4 is 11.1 Å². The first-order valence-corrected chi connectivity index (χ1v) is 9.66. The van der Waals surface area contributed by atoms with Crippen molar-refractivity contribution in [1.29, 1.82) is 0 Å². The average Bonchev–Trinajstić information content (AvgIpc) is 2.62. The summed E-state index contributed by atoms with van der Waals surface area (Å²) >= 11 is 0. The Morgan fingerprint density at radius 2 is 1.65 bits per heavy atom. The third-order valence-corrected chi connectivity index (χ3v) is 4.94. The fourth-order valence-corrected chi connectivity index (χ4v) is 3.06. The van der Waals surface area contributed by atoms with Gasteiger partial charge in [-0.25, -0.2) is 13.4 Å². The van der Waals surface area contributed by atoms with Crippen LogP contribution in [0.2, 0.25) is 0 Å².